The summed E-state index contributed by atoms with van der Waals surface area (Å²) >= 11 is 0. The fourth-order valence-electron chi connectivity index (χ4n) is 3.83. The Hall–Kier alpha value is -1.71. The number of halogens is 2. The number of ether oxygens (including phenoxy) is 1. The van der Waals surface area contributed by atoms with Crippen molar-refractivity contribution >= 4 is 41.6 Å². The first-order valence-corrected chi connectivity index (χ1v) is 9.82. The van der Waals surface area contributed by atoms with Crippen LogP contribution in [-0.2, 0) is 16.1 Å². The summed E-state index contributed by atoms with van der Waals surface area (Å²) in [5.41, 5.74) is 6.07. The summed E-state index contributed by atoms with van der Waals surface area (Å²) in [6.07, 6.45) is 1.66. The van der Waals surface area contributed by atoms with Gasteiger partial charge in [0.25, 0.3) is 11.5 Å². The van der Waals surface area contributed by atoms with E-state index in [1.807, 2.05) is 25.1 Å². The molecule has 1 aromatic carbocycles. The highest BCUT2D eigenvalue weighted by atomic mass is 35.5. The van der Waals surface area contributed by atoms with Crippen molar-refractivity contribution in [2.45, 2.75) is 38.0 Å². The van der Waals surface area contributed by atoms with Gasteiger partial charge < -0.3 is 20.8 Å². The van der Waals surface area contributed by atoms with Gasteiger partial charge in [0.15, 0.2) is 0 Å². The first kappa shape index (κ1) is 24.6. The molecule has 0 bridgehead atoms. The van der Waals surface area contributed by atoms with E-state index in [2.05, 4.69) is 20.2 Å². The molecule has 2 fully saturated rings. The van der Waals surface area contributed by atoms with Crippen molar-refractivity contribution in [3.8, 4) is 0 Å². The Morgan fingerprint density at radius 1 is 1.37 bits per heavy atom. The third kappa shape index (κ3) is 5.31. The number of fused-ring (bicyclic) bond motifs is 1. The van der Waals surface area contributed by atoms with E-state index in [1.165, 1.54) is 0 Å². The lowest BCUT2D eigenvalue weighted by Gasteiger charge is -2.35. The number of para-hydroxylation sites is 1. The van der Waals surface area contributed by atoms with Crippen molar-refractivity contribution in [3.05, 3.63) is 40.4 Å². The molecule has 2 atom stereocenters. The molecule has 1 aliphatic carbocycles. The lowest BCUT2D eigenvalue weighted by molar-refractivity contribution is -0.140. The molecule has 30 heavy (non-hydrogen) atoms. The molecule has 0 radical (unpaired) electrons. The Morgan fingerprint density at radius 2 is 2.10 bits per heavy atom. The van der Waals surface area contributed by atoms with Gasteiger partial charge in [-0.05, 0) is 37.8 Å². The molecule has 1 aromatic heterocycles. The first-order chi connectivity index (χ1) is 13.5. The van der Waals surface area contributed by atoms with Crippen molar-refractivity contribution in [2.24, 2.45) is 11.7 Å². The van der Waals surface area contributed by atoms with E-state index in [1.54, 1.807) is 6.07 Å². The van der Waals surface area contributed by atoms with Crippen LogP contribution in [-0.4, -0.2) is 58.7 Å². The van der Waals surface area contributed by atoms with E-state index in [0.717, 1.165) is 12.8 Å². The minimum absolute atomic E-state index is 0. The Morgan fingerprint density at radius 3 is 2.80 bits per heavy atom. The molecular weight excluding hydrogens is 429 g/mol. The number of rotatable bonds is 6. The maximum Gasteiger partial charge on any atom is 0.258 e. The smallest absolute Gasteiger partial charge is 0.258 e. The predicted octanol–water partition coefficient (Wildman–Crippen LogP) is 1.21. The van der Waals surface area contributed by atoms with Crippen LogP contribution in [0.5, 0.6) is 0 Å². The van der Waals surface area contributed by atoms with Crippen LogP contribution in [0.15, 0.2) is 29.1 Å². The summed E-state index contributed by atoms with van der Waals surface area (Å²) in [5, 5.41) is 3.68. The zero-order valence-corrected chi connectivity index (χ0v) is 18.6. The van der Waals surface area contributed by atoms with Gasteiger partial charge in [0.2, 0.25) is 0 Å². The van der Waals surface area contributed by atoms with Gasteiger partial charge in [-0.1, -0.05) is 12.1 Å². The van der Waals surface area contributed by atoms with Crippen LogP contribution in [0, 0.1) is 5.92 Å². The summed E-state index contributed by atoms with van der Waals surface area (Å²) in [7, 11) is 0. The SMILES string of the molecule is CC(CN)(NC(=O)C1CN(Cc2nc3ccccc3c(=O)[nH]2)CCO1)C1CC1.Cl.Cl. The van der Waals surface area contributed by atoms with Crippen LogP contribution in [0.25, 0.3) is 10.9 Å². The monoisotopic (exact) mass is 457 g/mol. The van der Waals surface area contributed by atoms with Crippen LogP contribution >= 0.6 is 24.8 Å². The molecule has 166 valence electrons. The number of benzene rings is 1. The molecule has 1 aliphatic heterocycles. The van der Waals surface area contributed by atoms with Crippen LogP contribution in [0.1, 0.15) is 25.6 Å². The Balaban J connectivity index is 0.00000160. The maximum atomic E-state index is 12.7. The molecule has 2 aromatic rings. The molecule has 2 heterocycles. The van der Waals surface area contributed by atoms with E-state index < -0.39 is 6.10 Å². The Labute approximate surface area is 187 Å². The second-order valence-electron chi connectivity index (χ2n) is 8.01. The lowest BCUT2D eigenvalue weighted by Crippen LogP contribution is -2.58. The lowest BCUT2D eigenvalue weighted by atomic mass is 9.95. The number of aromatic nitrogens is 2. The third-order valence-electron chi connectivity index (χ3n) is 5.79. The molecule has 0 spiro atoms. The van der Waals surface area contributed by atoms with E-state index in [9.17, 15) is 9.59 Å². The van der Waals surface area contributed by atoms with E-state index in [0.29, 0.717) is 55.4 Å². The number of nitrogens with one attached hydrogen (secondary N) is 2. The summed E-state index contributed by atoms with van der Waals surface area (Å²) in [6.45, 7) is 4.47. The standard InChI is InChI=1S/C20H27N5O3.2ClH/c1-20(12-21,13-6-7-13)24-19(27)16-10-25(8-9-28-16)11-17-22-15-5-3-2-4-14(15)18(26)23-17;;/h2-5,13,16H,6-12,21H2,1H3,(H,24,27)(H,22,23,26);2*1H. The predicted molar refractivity (Wildman–Crippen MR) is 120 cm³/mol. The van der Waals surface area contributed by atoms with Crippen LogP contribution < -0.4 is 16.6 Å². The Bertz CT molecular complexity index is 936. The molecule has 8 nitrogen and oxygen atoms in total. The van der Waals surface area contributed by atoms with E-state index in [-0.39, 0.29) is 41.8 Å². The minimum Gasteiger partial charge on any atom is -0.366 e. The van der Waals surface area contributed by atoms with Crippen molar-refractivity contribution in [1.82, 2.24) is 20.2 Å². The largest absolute Gasteiger partial charge is 0.366 e. The highest BCUT2D eigenvalue weighted by Crippen LogP contribution is 2.39. The summed E-state index contributed by atoms with van der Waals surface area (Å²) < 4.78 is 5.71. The van der Waals surface area contributed by atoms with Crippen LogP contribution in [0.3, 0.4) is 0 Å². The van der Waals surface area contributed by atoms with Crippen LogP contribution in [0.4, 0.5) is 0 Å². The van der Waals surface area contributed by atoms with Gasteiger partial charge in [-0.2, -0.15) is 0 Å². The minimum atomic E-state index is -0.550. The number of amides is 1. The molecule has 1 amide bonds. The van der Waals surface area contributed by atoms with Gasteiger partial charge in [0, 0.05) is 19.6 Å². The number of H-pyrrole nitrogens is 1. The molecule has 1 saturated carbocycles. The molecule has 1 saturated heterocycles. The zero-order chi connectivity index (χ0) is 19.7. The van der Waals surface area contributed by atoms with Crippen molar-refractivity contribution in [3.63, 3.8) is 0 Å². The highest BCUT2D eigenvalue weighted by molar-refractivity contribution is 5.85. The average molecular weight is 458 g/mol. The summed E-state index contributed by atoms with van der Waals surface area (Å²) in [4.78, 5) is 34.5. The quantitative estimate of drug-likeness (QED) is 0.600. The molecule has 4 N–H and O–H groups in total. The third-order valence-corrected chi connectivity index (χ3v) is 5.79. The average Bonchev–Trinajstić information content (AvgIpc) is 3.54. The summed E-state index contributed by atoms with van der Waals surface area (Å²) in [5.74, 6) is 0.923. The zero-order valence-electron chi connectivity index (χ0n) is 16.9. The molecular formula is C20H29Cl2N5O3. The van der Waals surface area contributed by atoms with Gasteiger partial charge in [-0.25, -0.2) is 4.98 Å². The normalized spacial score (nSPS) is 21.2. The first-order valence-electron chi connectivity index (χ1n) is 9.82. The number of hydrogen-bond donors (Lipinski definition) is 3. The van der Waals surface area contributed by atoms with E-state index >= 15 is 0 Å². The van der Waals surface area contributed by atoms with Gasteiger partial charge in [0.05, 0.1) is 29.6 Å². The van der Waals surface area contributed by atoms with Gasteiger partial charge >= 0.3 is 0 Å². The number of aromatic amines is 1. The van der Waals surface area contributed by atoms with Gasteiger partial charge in [0.1, 0.15) is 11.9 Å². The number of carbonyl (C=O) groups excluding carboxylic acids is 1. The number of morpholine rings is 1. The van der Waals surface area contributed by atoms with Crippen LogP contribution in [0.2, 0.25) is 0 Å². The second-order valence-corrected chi connectivity index (χ2v) is 8.01. The van der Waals surface area contributed by atoms with Crippen molar-refractivity contribution < 1.29 is 9.53 Å². The topological polar surface area (TPSA) is 113 Å². The van der Waals surface area contributed by atoms with Crippen molar-refractivity contribution in [1.29, 1.82) is 0 Å². The van der Waals surface area contributed by atoms with Crippen molar-refractivity contribution in [2.75, 3.05) is 26.2 Å². The number of hydrogen-bond acceptors (Lipinski definition) is 6. The van der Waals surface area contributed by atoms with Gasteiger partial charge in [-0.3, -0.25) is 14.5 Å². The molecule has 2 unspecified atom stereocenters. The molecule has 2 aliphatic rings. The number of carbonyl (C=O) groups is 1. The second kappa shape index (κ2) is 10.1. The number of nitrogens with two attached hydrogens (primary N) is 1. The van der Waals surface area contributed by atoms with E-state index in [4.69, 9.17) is 10.5 Å². The van der Waals surface area contributed by atoms with Gasteiger partial charge in [-0.15, -0.1) is 24.8 Å². The highest BCUT2D eigenvalue weighted by Gasteiger charge is 2.43. The molecule has 4 rings (SSSR count). The Kier molecular flexibility index (Phi) is 8.24. The fraction of sp³-hybridized carbons (Fsp3) is 0.550. The molecule has 10 heteroatoms. The summed E-state index contributed by atoms with van der Waals surface area (Å²) in [6, 6.07) is 7.27. The fourth-order valence-corrected chi connectivity index (χ4v) is 3.83. The number of nitrogens with zero attached hydrogens (tertiary/aromatic N) is 2. The maximum absolute atomic E-state index is 12.7.